The summed E-state index contributed by atoms with van der Waals surface area (Å²) in [6.45, 7) is 2.32. The third-order valence-electron chi connectivity index (χ3n) is 5.86. The van der Waals surface area contributed by atoms with Crippen molar-refractivity contribution in [3.63, 3.8) is 0 Å². The molecule has 2 aromatic carbocycles. The molecule has 164 valence electrons. The van der Waals surface area contributed by atoms with Crippen LogP contribution in [-0.4, -0.2) is 48.8 Å². The third-order valence-corrected chi connectivity index (χ3v) is 5.86. The molecule has 0 bridgehead atoms. The summed E-state index contributed by atoms with van der Waals surface area (Å²) in [6.07, 6.45) is 0.649. The smallest absolute Gasteiger partial charge is 0.407 e. The average Bonchev–Trinajstić information content (AvgIpc) is 3.10. The lowest BCUT2D eigenvalue weighted by atomic mass is 9.98. The number of aliphatic carboxylic acids is 1. The van der Waals surface area contributed by atoms with Gasteiger partial charge in [0.15, 0.2) is 12.3 Å². The Morgan fingerprint density at radius 1 is 1.10 bits per heavy atom. The molecule has 2 aromatic rings. The van der Waals surface area contributed by atoms with Crippen molar-refractivity contribution in [2.75, 3.05) is 13.2 Å². The molecule has 2 N–H and O–H groups in total. The van der Waals surface area contributed by atoms with Crippen molar-refractivity contribution in [3.05, 3.63) is 59.7 Å². The molecule has 0 spiro atoms. The molecule has 1 amide bonds. The number of hydrogen-bond donors (Lipinski definition) is 2. The van der Waals surface area contributed by atoms with Crippen molar-refractivity contribution in [2.45, 2.75) is 50.5 Å². The SMILES string of the molecule is C[C@@H](OC1CCCCO1)C(NC(=O)OCC1c2ccccc2-c2ccccc21)C(=O)O. The minimum Gasteiger partial charge on any atom is -0.480 e. The average molecular weight is 425 g/mol. The highest BCUT2D eigenvalue weighted by molar-refractivity contribution is 5.81. The number of alkyl carbamates (subject to hydrolysis) is 1. The van der Waals surface area contributed by atoms with Gasteiger partial charge in [-0.2, -0.15) is 0 Å². The Labute approximate surface area is 181 Å². The van der Waals surface area contributed by atoms with Crippen LogP contribution >= 0.6 is 0 Å². The summed E-state index contributed by atoms with van der Waals surface area (Å²) in [5.74, 6) is -1.28. The molecule has 0 aromatic heterocycles. The summed E-state index contributed by atoms with van der Waals surface area (Å²) in [6, 6.07) is 14.8. The second-order valence-electron chi connectivity index (χ2n) is 7.92. The molecule has 4 rings (SSSR count). The van der Waals surface area contributed by atoms with Crippen LogP contribution in [0.5, 0.6) is 0 Å². The lowest BCUT2D eigenvalue weighted by Crippen LogP contribution is -2.50. The molecule has 3 atom stereocenters. The fourth-order valence-electron chi connectivity index (χ4n) is 4.28. The van der Waals surface area contributed by atoms with Crippen LogP contribution in [0, 0.1) is 0 Å². The molecule has 1 aliphatic heterocycles. The zero-order valence-corrected chi connectivity index (χ0v) is 17.5. The number of carbonyl (C=O) groups excluding carboxylic acids is 1. The number of nitrogens with one attached hydrogen (secondary N) is 1. The van der Waals surface area contributed by atoms with E-state index in [0.29, 0.717) is 13.0 Å². The lowest BCUT2D eigenvalue weighted by molar-refractivity contribution is -0.193. The van der Waals surface area contributed by atoms with E-state index < -0.39 is 30.5 Å². The topological polar surface area (TPSA) is 94.1 Å². The number of fused-ring (bicyclic) bond motifs is 3. The molecule has 0 saturated carbocycles. The van der Waals surface area contributed by atoms with Gasteiger partial charge in [-0.15, -0.1) is 0 Å². The summed E-state index contributed by atoms with van der Waals surface area (Å²) in [5, 5.41) is 12.0. The minimum atomic E-state index is -1.24. The maximum Gasteiger partial charge on any atom is 0.407 e. The highest BCUT2D eigenvalue weighted by atomic mass is 16.7. The Balaban J connectivity index is 1.38. The Kier molecular flexibility index (Phi) is 6.53. The van der Waals surface area contributed by atoms with Crippen LogP contribution in [-0.2, 0) is 19.0 Å². The van der Waals surface area contributed by atoms with E-state index >= 15 is 0 Å². The summed E-state index contributed by atoms with van der Waals surface area (Å²) >= 11 is 0. The van der Waals surface area contributed by atoms with Gasteiger partial charge in [0, 0.05) is 12.5 Å². The van der Waals surface area contributed by atoms with Crippen LogP contribution in [0.15, 0.2) is 48.5 Å². The second-order valence-corrected chi connectivity index (χ2v) is 7.92. The highest BCUT2D eigenvalue weighted by Gasteiger charge is 2.32. The number of ether oxygens (including phenoxy) is 3. The fourth-order valence-corrected chi connectivity index (χ4v) is 4.28. The van der Waals surface area contributed by atoms with E-state index in [0.717, 1.165) is 35.1 Å². The molecule has 31 heavy (non-hydrogen) atoms. The van der Waals surface area contributed by atoms with Crippen LogP contribution in [0.4, 0.5) is 4.79 Å². The largest absolute Gasteiger partial charge is 0.480 e. The van der Waals surface area contributed by atoms with Crippen molar-refractivity contribution < 1.29 is 28.9 Å². The van der Waals surface area contributed by atoms with E-state index in [2.05, 4.69) is 17.4 Å². The van der Waals surface area contributed by atoms with E-state index in [1.807, 2.05) is 36.4 Å². The van der Waals surface area contributed by atoms with Crippen molar-refractivity contribution in [3.8, 4) is 11.1 Å². The zero-order valence-electron chi connectivity index (χ0n) is 17.5. The summed E-state index contributed by atoms with van der Waals surface area (Å²) in [5.41, 5.74) is 4.45. The lowest BCUT2D eigenvalue weighted by Gasteiger charge is -2.29. The standard InChI is InChI=1S/C24H27NO6/c1-15(31-21-12-6-7-13-29-21)22(23(26)27)25-24(28)30-14-20-18-10-4-2-8-16(18)17-9-3-5-11-19(17)20/h2-5,8-11,15,20-22H,6-7,12-14H2,1H3,(H,25,28)(H,26,27)/t15-,21?,22?/m1/s1. The minimum absolute atomic E-state index is 0.0919. The number of hydrogen-bond acceptors (Lipinski definition) is 5. The molecule has 1 heterocycles. The normalized spacial score (nSPS) is 19.7. The van der Waals surface area contributed by atoms with Crippen molar-refractivity contribution in [1.29, 1.82) is 0 Å². The molecular formula is C24H27NO6. The number of carbonyl (C=O) groups is 2. The third kappa shape index (κ3) is 4.73. The number of rotatable bonds is 7. The van der Waals surface area contributed by atoms with Gasteiger partial charge in [0.25, 0.3) is 0 Å². The number of carboxylic acids is 1. The molecular weight excluding hydrogens is 398 g/mol. The first kappa shape index (κ1) is 21.3. The second kappa shape index (κ2) is 9.49. The van der Waals surface area contributed by atoms with Gasteiger partial charge < -0.3 is 24.6 Å². The zero-order chi connectivity index (χ0) is 21.8. The van der Waals surface area contributed by atoms with Gasteiger partial charge in [-0.1, -0.05) is 48.5 Å². The number of carboxylic acid groups (broad SMARTS) is 1. The van der Waals surface area contributed by atoms with E-state index in [-0.39, 0.29) is 12.5 Å². The predicted molar refractivity (Wildman–Crippen MR) is 114 cm³/mol. The number of amides is 1. The van der Waals surface area contributed by atoms with Crippen LogP contribution in [0.3, 0.4) is 0 Å². The Hall–Kier alpha value is -2.90. The van der Waals surface area contributed by atoms with Crippen molar-refractivity contribution in [2.24, 2.45) is 0 Å². The van der Waals surface area contributed by atoms with Gasteiger partial charge in [-0.05, 0) is 48.4 Å². The van der Waals surface area contributed by atoms with Gasteiger partial charge in [0.2, 0.25) is 0 Å². The quantitative estimate of drug-likeness (QED) is 0.699. The molecule has 1 aliphatic carbocycles. The molecule has 1 saturated heterocycles. The van der Waals surface area contributed by atoms with Crippen molar-refractivity contribution >= 4 is 12.1 Å². The van der Waals surface area contributed by atoms with E-state index in [4.69, 9.17) is 14.2 Å². The highest BCUT2D eigenvalue weighted by Crippen LogP contribution is 2.44. The Morgan fingerprint density at radius 3 is 2.32 bits per heavy atom. The van der Waals surface area contributed by atoms with Gasteiger partial charge >= 0.3 is 12.1 Å². The van der Waals surface area contributed by atoms with Gasteiger partial charge in [0.05, 0.1) is 6.10 Å². The number of benzene rings is 2. The fraction of sp³-hybridized carbons (Fsp3) is 0.417. The summed E-state index contributed by atoms with van der Waals surface area (Å²) in [7, 11) is 0. The van der Waals surface area contributed by atoms with Gasteiger partial charge in [-0.3, -0.25) is 0 Å². The van der Waals surface area contributed by atoms with E-state index in [9.17, 15) is 14.7 Å². The molecule has 2 unspecified atom stereocenters. The first-order chi connectivity index (χ1) is 15.0. The summed E-state index contributed by atoms with van der Waals surface area (Å²) in [4.78, 5) is 24.2. The van der Waals surface area contributed by atoms with Crippen molar-refractivity contribution in [1.82, 2.24) is 5.32 Å². The monoisotopic (exact) mass is 425 g/mol. The molecule has 7 nitrogen and oxygen atoms in total. The van der Waals surface area contributed by atoms with E-state index in [1.165, 1.54) is 0 Å². The first-order valence-corrected chi connectivity index (χ1v) is 10.7. The van der Waals surface area contributed by atoms with Crippen LogP contribution in [0.2, 0.25) is 0 Å². The molecule has 1 fully saturated rings. The summed E-state index contributed by atoms with van der Waals surface area (Å²) < 4.78 is 16.7. The van der Waals surface area contributed by atoms with Gasteiger partial charge in [0.1, 0.15) is 6.61 Å². The van der Waals surface area contributed by atoms with Crippen LogP contribution < -0.4 is 5.32 Å². The van der Waals surface area contributed by atoms with Gasteiger partial charge in [-0.25, -0.2) is 9.59 Å². The van der Waals surface area contributed by atoms with Crippen LogP contribution in [0.25, 0.3) is 11.1 Å². The Bertz CT molecular complexity index is 894. The predicted octanol–water partition coefficient (Wildman–Crippen LogP) is 3.91. The first-order valence-electron chi connectivity index (χ1n) is 10.7. The molecule has 2 aliphatic rings. The Morgan fingerprint density at radius 2 is 1.74 bits per heavy atom. The van der Waals surface area contributed by atoms with E-state index in [1.54, 1.807) is 6.92 Å². The van der Waals surface area contributed by atoms with Crippen LogP contribution in [0.1, 0.15) is 43.2 Å². The molecule has 7 heteroatoms. The maximum absolute atomic E-state index is 12.5. The maximum atomic E-state index is 12.5. The molecule has 0 radical (unpaired) electrons.